The van der Waals surface area contributed by atoms with E-state index in [1.54, 1.807) is 0 Å². The predicted octanol–water partition coefficient (Wildman–Crippen LogP) is 1.29. The zero-order valence-electron chi connectivity index (χ0n) is 11.5. The van der Waals surface area contributed by atoms with E-state index in [1.807, 2.05) is 0 Å². The maximum absolute atomic E-state index is 13.5. The molecule has 1 saturated heterocycles. The van der Waals surface area contributed by atoms with E-state index in [1.165, 1.54) is 0 Å². The van der Waals surface area contributed by atoms with Crippen LogP contribution in [-0.4, -0.2) is 49.2 Å². The summed E-state index contributed by atoms with van der Waals surface area (Å²) in [5, 5.41) is 13.6. The van der Waals surface area contributed by atoms with Crippen LogP contribution in [0.1, 0.15) is 5.56 Å². The van der Waals surface area contributed by atoms with E-state index in [2.05, 4.69) is 10.2 Å². The maximum atomic E-state index is 13.5. The molecule has 0 radical (unpaired) electrons. The Balaban J connectivity index is 1.85. The predicted molar refractivity (Wildman–Crippen MR) is 72.0 cm³/mol. The van der Waals surface area contributed by atoms with Crippen LogP contribution in [0.25, 0.3) is 0 Å². The molecule has 1 aliphatic heterocycles. The van der Waals surface area contributed by atoms with E-state index in [-0.39, 0.29) is 12.1 Å². The van der Waals surface area contributed by atoms with E-state index in [0.717, 1.165) is 25.7 Å². The van der Waals surface area contributed by atoms with Crippen molar-refractivity contribution >= 4 is 5.69 Å². The molecule has 6 nitrogen and oxygen atoms in total. The van der Waals surface area contributed by atoms with Gasteiger partial charge in [0, 0.05) is 50.4 Å². The summed E-state index contributed by atoms with van der Waals surface area (Å²) in [5.74, 6) is -1.94. The van der Waals surface area contributed by atoms with Crippen molar-refractivity contribution in [2.45, 2.75) is 6.54 Å². The lowest BCUT2D eigenvalue weighted by molar-refractivity contribution is -0.387. The standard InChI is InChI=1S/C13H17F2N3O3/c14-11-8-12(15)13(18(19)20)7-10(11)9-16-1-2-17-3-5-21-6-4-17/h7-8,16H,1-6,9H2. The second kappa shape index (κ2) is 7.39. The molecular weight excluding hydrogens is 284 g/mol. The van der Waals surface area contributed by atoms with Gasteiger partial charge in [0.05, 0.1) is 18.1 Å². The number of nitro benzene ring substituents is 1. The van der Waals surface area contributed by atoms with E-state index >= 15 is 0 Å². The van der Waals surface area contributed by atoms with Crippen LogP contribution in [0.3, 0.4) is 0 Å². The van der Waals surface area contributed by atoms with Crippen molar-refractivity contribution in [3.63, 3.8) is 0 Å². The largest absolute Gasteiger partial charge is 0.379 e. The van der Waals surface area contributed by atoms with Crippen molar-refractivity contribution in [1.29, 1.82) is 0 Å². The molecule has 0 unspecified atom stereocenters. The Bertz CT molecular complexity index is 508. The first-order valence-electron chi connectivity index (χ1n) is 6.71. The number of halogens is 2. The van der Waals surface area contributed by atoms with Gasteiger partial charge in [-0.15, -0.1) is 0 Å². The molecule has 1 aromatic rings. The fraction of sp³-hybridized carbons (Fsp3) is 0.538. The van der Waals surface area contributed by atoms with Crippen LogP contribution in [0.4, 0.5) is 14.5 Å². The highest BCUT2D eigenvalue weighted by Crippen LogP contribution is 2.21. The van der Waals surface area contributed by atoms with Crippen molar-refractivity contribution in [3.8, 4) is 0 Å². The van der Waals surface area contributed by atoms with Crippen molar-refractivity contribution in [3.05, 3.63) is 39.4 Å². The minimum absolute atomic E-state index is 0.0880. The van der Waals surface area contributed by atoms with Gasteiger partial charge in [0.25, 0.3) is 0 Å². The first kappa shape index (κ1) is 15.7. The van der Waals surface area contributed by atoms with Gasteiger partial charge in [-0.2, -0.15) is 4.39 Å². The highest BCUT2D eigenvalue weighted by Gasteiger charge is 2.18. The van der Waals surface area contributed by atoms with Gasteiger partial charge in [-0.05, 0) is 0 Å². The van der Waals surface area contributed by atoms with Crippen LogP contribution in [0.2, 0.25) is 0 Å². The molecule has 1 aromatic carbocycles. The second-order valence-electron chi connectivity index (χ2n) is 4.78. The molecule has 0 saturated carbocycles. The minimum atomic E-state index is -1.16. The van der Waals surface area contributed by atoms with Gasteiger partial charge in [-0.25, -0.2) is 4.39 Å². The number of morpholine rings is 1. The summed E-state index contributed by atoms with van der Waals surface area (Å²) in [5.41, 5.74) is -0.619. The normalized spacial score (nSPS) is 16.1. The highest BCUT2D eigenvalue weighted by atomic mass is 19.1. The molecular formula is C13H17F2N3O3. The van der Waals surface area contributed by atoms with Gasteiger partial charge in [0.1, 0.15) is 5.82 Å². The summed E-state index contributed by atoms with van der Waals surface area (Å²) in [6.07, 6.45) is 0. The Morgan fingerprint density at radius 3 is 2.67 bits per heavy atom. The highest BCUT2D eigenvalue weighted by molar-refractivity contribution is 5.37. The number of nitrogens with one attached hydrogen (secondary N) is 1. The van der Waals surface area contributed by atoms with Crippen LogP contribution in [0.15, 0.2) is 12.1 Å². The third-order valence-corrected chi connectivity index (χ3v) is 3.34. The van der Waals surface area contributed by atoms with Gasteiger partial charge < -0.3 is 10.1 Å². The molecule has 0 atom stereocenters. The first-order chi connectivity index (χ1) is 10.1. The Labute approximate surface area is 120 Å². The lowest BCUT2D eigenvalue weighted by Gasteiger charge is -2.26. The van der Waals surface area contributed by atoms with Crippen LogP contribution in [-0.2, 0) is 11.3 Å². The number of hydrogen-bond acceptors (Lipinski definition) is 5. The molecule has 2 rings (SSSR count). The maximum Gasteiger partial charge on any atom is 0.305 e. The van der Waals surface area contributed by atoms with Crippen molar-refractivity contribution in [2.24, 2.45) is 0 Å². The third-order valence-electron chi connectivity index (χ3n) is 3.34. The van der Waals surface area contributed by atoms with Gasteiger partial charge in [0.2, 0.25) is 5.82 Å². The van der Waals surface area contributed by atoms with Crippen LogP contribution >= 0.6 is 0 Å². The molecule has 0 spiro atoms. The lowest BCUT2D eigenvalue weighted by atomic mass is 10.2. The van der Waals surface area contributed by atoms with Gasteiger partial charge in [0.15, 0.2) is 0 Å². The van der Waals surface area contributed by atoms with Gasteiger partial charge in [-0.1, -0.05) is 0 Å². The number of ether oxygens (including phenoxy) is 1. The Morgan fingerprint density at radius 1 is 1.29 bits per heavy atom. The van der Waals surface area contributed by atoms with Crippen LogP contribution in [0.5, 0.6) is 0 Å². The smallest absolute Gasteiger partial charge is 0.305 e. The zero-order valence-corrected chi connectivity index (χ0v) is 11.5. The fourth-order valence-corrected chi connectivity index (χ4v) is 2.14. The van der Waals surface area contributed by atoms with Crippen molar-refractivity contribution in [1.82, 2.24) is 10.2 Å². The fourth-order valence-electron chi connectivity index (χ4n) is 2.14. The molecule has 1 aliphatic rings. The molecule has 0 amide bonds. The average molecular weight is 301 g/mol. The van der Waals surface area contributed by atoms with Gasteiger partial charge >= 0.3 is 5.69 Å². The number of hydrogen-bond donors (Lipinski definition) is 1. The summed E-state index contributed by atoms with van der Waals surface area (Å²) in [4.78, 5) is 12.0. The SMILES string of the molecule is O=[N+]([O-])c1cc(CNCCN2CCOCC2)c(F)cc1F. The summed E-state index contributed by atoms with van der Waals surface area (Å²) in [6.45, 7) is 4.66. The minimum Gasteiger partial charge on any atom is -0.379 e. The first-order valence-corrected chi connectivity index (χ1v) is 6.71. The molecule has 1 fully saturated rings. The average Bonchev–Trinajstić information content (AvgIpc) is 2.46. The molecule has 1 heterocycles. The van der Waals surface area contributed by atoms with Crippen molar-refractivity contribution < 1.29 is 18.4 Å². The lowest BCUT2D eigenvalue weighted by Crippen LogP contribution is -2.40. The monoisotopic (exact) mass is 301 g/mol. The number of nitro groups is 1. The van der Waals surface area contributed by atoms with E-state index < -0.39 is 22.2 Å². The quantitative estimate of drug-likeness (QED) is 0.487. The molecule has 1 N–H and O–H groups in total. The molecule has 116 valence electrons. The van der Waals surface area contributed by atoms with Crippen molar-refractivity contribution in [2.75, 3.05) is 39.4 Å². The number of benzene rings is 1. The van der Waals surface area contributed by atoms with E-state index in [9.17, 15) is 18.9 Å². The van der Waals surface area contributed by atoms with E-state index in [4.69, 9.17) is 4.74 Å². The molecule has 0 aliphatic carbocycles. The number of nitrogens with zero attached hydrogens (tertiary/aromatic N) is 2. The zero-order chi connectivity index (χ0) is 15.2. The van der Waals surface area contributed by atoms with Crippen LogP contribution in [0, 0.1) is 21.7 Å². The molecule has 21 heavy (non-hydrogen) atoms. The topological polar surface area (TPSA) is 67.6 Å². The summed E-state index contributed by atoms with van der Waals surface area (Å²) in [6, 6.07) is 1.49. The Hall–Kier alpha value is -1.64. The molecule has 8 heteroatoms. The Morgan fingerprint density at radius 2 is 2.00 bits per heavy atom. The molecule has 0 bridgehead atoms. The summed E-state index contributed by atoms with van der Waals surface area (Å²) in [7, 11) is 0. The summed E-state index contributed by atoms with van der Waals surface area (Å²) < 4.78 is 32.0. The summed E-state index contributed by atoms with van der Waals surface area (Å²) >= 11 is 0. The van der Waals surface area contributed by atoms with Crippen LogP contribution < -0.4 is 5.32 Å². The number of rotatable bonds is 6. The molecule has 0 aromatic heterocycles. The van der Waals surface area contributed by atoms with E-state index in [0.29, 0.717) is 25.8 Å². The third kappa shape index (κ3) is 4.42. The Kier molecular flexibility index (Phi) is 5.54. The second-order valence-corrected chi connectivity index (χ2v) is 4.78. The van der Waals surface area contributed by atoms with Gasteiger partial charge in [-0.3, -0.25) is 15.0 Å².